The zero-order valence-electron chi connectivity index (χ0n) is 21.5. The third-order valence-corrected chi connectivity index (χ3v) is 7.49. The first-order chi connectivity index (χ1) is 16.5. The number of nitrogens with two attached hydrogens (primary N) is 1. The van der Waals surface area contributed by atoms with Crippen molar-refractivity contribution < 1.29 is 14.3 Å². The number of hydrogen-bond donors (Lipinski definition) is 2. The molecule has 3 N–H and O–H groups in total. The third-order valence-electron chi connectivity index (χ3n) is 5.79. The largest absolute Gasteiger partial charge is 0.383 e. The first-order valence-electron chi connectivity index (χ1n) is 11.8. The summed E-state index contributed by atoms with van der Waals surface area (Å²) in [5, 5.41) is 7.64. The summed E-state index contributed by atoms with van der Waals surface area (Å²) < 4.78 is 7.46. The van der Waals surface area contributed by atoms with E-state index in [9.17, 15) is 9.59 Å². The van der Waals surface area contributed by atoms with Crippen molar-refractivity contribution in [1.82, 2.24) is 19.7 Å². The van der Waals surface area contributed by atoms with Gasteiger partial charge in [0.25, 0.3) is 0 Å². The van der Waals surface area contributed by atoms with Gasteiger partial charge in [0.1, 0.15) is 12.5 Å². The van der Waals surface area contributed by atoms with E-state index < -0.39 is 19.9 Å². The van der Waals surface area contributed by atoms with Crippen LogP contribution in [-0.2, 0) is 27.6 Å². The van der Waals surface area contributed by atoms with Crippen molar-refractivity contribution in [2.75, 3.05) is 24.7 Å². The maximum Gasteiger partial charge on any atom is 0.314 e. The van der Waals surface area contributed by atoms with Gasteiger partial charge < -0.3 is 20.7 Å². The van der Waals surface area contributed by atoms with E-state index >= 15 is 0 Å². The lowest BCUT2D eigenvalue weighted by atomic mass is 9.97. The Kier molecular flexibility index (Phi) is 8.29. The first kappa shape index (κ1) is 26.4. The predicted molar refractivity (Wildman–Crippen MR) is 142 cm³/mol. The number of ether oxygens (including phenoxy) is 1. The maximum absolute atomic E-state index is 12.9. The molecule has 3 rings (SSSR count). The third kappa shape index (κ3) is 6.67. The second kappa shape index (κ2) is 11.0. The molecule has 0 fully saturated rings. The Bertz CT molecular complexity index is 1200. The number of nitrogens with one attached hydrogen (secondary N) is 1. The normalized spacial score (nSPS) is 11.7. The average Bonchev–Trinajstić information content (AvgIpc) is 3.22. The van der Waals surface area contributed by atoms with E-state index in [1.54, 1.807) is 17.9 Å². The lowest BCUT2D eigenvalue weighted by molar-refractivity contribution is -0.142. The topological polar surface area (TPSA) is 115 Å². The number of carbonyl (C=O) groups is 2. The van der Waals surface area contributed by atoms with Gasteiger partial charge in [0.05, 0.1) is 29.0 Å². The smallest absolute Gasteiger partial charge is 0.314 e. The molecule has 0 atom stereocenters. The molecule has 0 radical (unpaired) electrons. The summed E-state index contributed by atoms with van der Waals surface area (Å²) in [5.74, 6) is -0.799. The first-order valence-corrected chi connectivity index (χ1v) is 15.5. The lowest BCUT2D eigenvalue weighted by Crippen LogP contribution is -2.37. The predicted octanol–water partition coefficient (Wildman–Crippen LogP) is 4.05. The second-order valence-corrected chi connectivity index (χ2v) is 15.9. The van der Waals surface area contributed by atoms with Gasteiger partial charge in [-0.15, -0.1) is 0 Å². The van der Waals surface area contributed by atoms with Crippen LogP contribution in [-0.4, -0.2) is 53.2 Å². The monoisotopic (exact) mass is 496 g/mol. The highest BCUT2D eigenvalue weighted by Crippen LogP contribution is 2.27. The number of pyridine rings is 1. The van der Waals surface area contributed by atoms with E-state index in [-0.39, 0.29) is 6.73 Å². The minimum atomic E-state index is -1.22. The van der Waals surface area contributed by atoms with E-state index in [2.05, 4.69) is 48.9 Å². The summed E-state index contributed by atoms with van der Waals surface area (Å²) in [6, 6.07) is 8.96. The molecule has 1 aromatic carbocycles. The summed E-state index contributed by atoms with van der Waals surface area (Å²) in [4.78, 5) is 31.3. The fourth-order valence-corrected chi connectivity index (χ4v) is 4.52. The van der Waals surface area contributed by atoms with E-state index in [0.29, 0.717) is 41.5 Å². The van der Waals surface area contributed by atoms with Crippen molar-refractivity contribution in [2.45, 2.75) is 58.7 Å². The molecule has 3 aromatic rings. The average molecular weight is 497 g/mol. The summed E-state index contributed by atoms with van der Waals surface area (Å²) in [6.45, 7) is 12.2. The van der Waals surface area contributed by atoms with Crippen molar-refractivity contribution >= 4 is 42.3 Å². The molecule has 0 aliphatic heterocycles. The van der Waals surface area contributed by atoms with Crippen LogP contribution in [0.1, 0.15) is 30.9 Å². The van der Waals surface area contributed by atoms with E-state index in [1.807, 2.05) is 24.3 Å². The number of amides is 2. The number of carbonyl (C=O) groups excluding carboxylic acids is 2. The minimum Gasteiger partial charge on any atom is -0.383 e. The molecule has 2 amide bonds. The molecule has 2 heterocycles. The van der Waals surface area contributed by atoms with Crippen molar-refractivity contribution in [3.8, 4) is 0 Å². The highest BCUT2D eigenvalue weighted by molar-refractivity contribution is 6.76. The number of rotatable bonds is 9. The van der Waals surface area contributed by atoms with Crippen LogP contribution >= 0.6 is 0 Å². The highest BCUT2D eigenvalue weighted by Gasteiger charge is 2.23. The van der Waals surface area contributed by atoms with Crippen LogP contribution in [0.15, 0.2) is 36.7 Å². The quantitative estimate of drug-likeness (QED) is 0.262. The molecule has 0 spiro atoms. The Morgan fingerprint density at radius 1 is 1.20 bits per heavy atom. The fourth-order valence-electron chi connectivity index (χ4n) is 3.76. The molecular formula is C25H36N6O3Si. The van der Waals surface area contributed by atoms with Crippen LogP contribution in [0, 0.1) is 0 Å². The molecule has 35 heavy (non-hydrogen) atoms. The lowest BCUT2D eigenvalue weighted by Gasteiger charge is -2.20. The SMILES string of the molecule is CC(C)c1ccccc1CN(C)C(=O)C(=O)Nc1cnc(N)c2cnn(COCC[Si](C)(C)C)c12. The van der Waals surface area contributed by atoms with Gasteiger partial charge >= 0.3 is 11.8 Å². The molecule has 0 aliphatic carbocycles. The Balaban J connectivity index is 1.74. The van der Waals surface area contributed by atoms with Crippen molar-refractivity contribution in [3.05, 3.63) is 47.8 Å². The number of hydrogen-bond acceptors (Lipinski definition) is 6. The molecule has 0 saturated carbocycles. The van der Waals surface area contributed by atoms with Gasteiger partial charge in [-0.25, -0.2) is 9.67 Å². The van der Waals surface area contributed by atoms with Gasteiger partial charge in [0.2, 0.25) is 0 Å². The number of anilines is 2. The number of likely N-dealkylation sites (N-methyl/N-ethyl adjacent to an activating group) is 1. The van der Waals surface area contributed by atoms with Gasteiger partial charge in [0.15, 0.2) is 0 Å². The molecule has 0 bridgehead atoms. The summed E-state index contributed by atoms with van der Waals surface area (Å²) >= 11 is 0. The number of aromatic nitrogens is 3. The number of nitrogen functional groups attached to an aromatic ring is 1. The second-order valence-electron chi connectivity index (χ2n) is 10.3. The van der Waals surface area contributed by atoms with Crippen LogP contribution < -0.4 is 11.1 Å². The molecule has 0 aliphatic rings. The zero-order chi connectivity index (χ0) is 25.8. The standard InChI is InChI=1S/C25H36N6O3Si/c1-17(2)19-10-8-7-9-18(19)15-30(3)25(33)24(32)29-21-14-27-23(26)20-13-28-31(22(20)21)16-34-11-12-35(4,5)6/h7-10,13-14,17H,11-12,15-16H2,1-6H3,(H2,26,27)(H,29,32). The molecule has 2 aromatic heterocycles. The number of benzene rings is 1. The molecule has 188 valence electrons. The molecule has 9 nitrogen and oxygen atoms in total. The number of nitrogens with zero attached hydrogens (tertiary/aromatic N) is 4. The van der Waals surface area contributed by atoms with Gasteiger partial charge in [0, 0.05) is 28.3 Å². The van der Waals surface area contributed by atoms with Gasteiger partial charge in [-0.2, -0.15) is 5.10 Å². The van der Waals surface area contributed by atoms with E-state index in [1.165, 1.54) is 11.1 Å². The molecule has 0 unspecified atom stereocenters. The number of fused-ring (bicyclic) bond motifs is 1. The van der Waals surface area contributed by atoms with Crippen LogP contribution in [0.2, 0.25) is 25.7 Å². The Morgan fingerprint density at radius 2 is 1.91 bits per heavy atom. The Hall–Kier alpha value is -3.24. The zero-order valence-corrected chi connectivity index (χ0v) is 22.5. The van der Waals surface area contributed by atoms with Gasteiger partial charge in [-0.05, 0) is 23.1 Å². The summed E-state index contributed by atoms with van der Waals surface area (Å²) in [5.41, 5.74) is 9.11. The summed E-state index contributed by atoms with van der Waals surface area (Å²) in [7, 11) is 0.397. The van der Waals surface area contributed by atoms with E-state index in [0.717, 1.165) is 17.2 Å². The minimum absolute atomic E-state index is 0.208. The summed E-state index contributed by atoms with van der Waals surface area (Å²) in [6.07, 6.45) is 3.03. The Labute approximate surface area is 207 Å². The van der Waals surface area contributed by atoms with Crippen molar-refractivity contribution in [2.24, 2.45) is 0 Å². The van der Waals surface area contributed by atoms with Crippen LogP contribution in [0.5, 0.6) is 0 Å². The highest BCUT2D eigenvalue weighted by atomic mass is 28.3. The van der Waals surface area contributed by atoms with Crippen LogP contribution in [0.4, 0.5) is 11.5 Å². The van der Waals surface area contributed by atoms with Gasteiger partial charge in [-0.1, -0.05) is 57.8 Å². The molecule has 10 heteroatoms. The van der Waals surface area contributed by atoms with E-state index in [4.69, 9.17) is 10.5 Å². The Morgan fingerprint density at radius 3 is 2.60 bits per heavy atom. The van der Waals surface area contributed by atoms with Crippen LogP contribution in [0.3, 0.4) is 0 Å². The van der Waals surface area contributed by atoms with Crippen LogP contribution in [0.25, 0.3) is 10.9 Å². The van der Waals surface area contributed by atoms with Gasteiger partial charge in [-0.3, -0.25) is 9.59 Å². The van der Waals surface area contributed by atoms with Crippen molar-refractivity contribution in [1.29, 1.82) is 0 Å². The molecular weight excluding hydrogens is 460 g/mol. The molecule has 0 saturated heterocycles. The maximum atomic E-state index is 12.9. The fraction of sp³-hybridized carbons (Fsp3) is 0.440. The van der Waals surface area contributed by atoms with Crippen molar-refractivity contribution in [3.63, 3.8) is 0 Å².